The maximum Gasteiger partial charge on any atom is 0.261 e. The second-order valence-electron chi connectivity index (χ2n) is 13.7. The lowest BCUT2D eigenvalue weighted by Crippen LogP contribution is -2.47. The van der Waals surface area contributed by atoms with E-state index in [9.17, 15) is 4.79 Å². The summed E-state index contributed by atoms with van der Waals surface area (Å²) in [5.41, 5.74) is 3.29. The van der Waals surface area contributed by atoms with Gasteiger partial charge in [0.15, 0.2) is 5.65 Å². The molecule has 44 heavy (non-hydrogen) atoms. The van der Waals surface area contributed by atoms with Crippen molar-refractivity contribution in [2.45, 2.75) is 57.1 Å². The predicted molar refractivity (Wildman–Crippen MR) is 173 cm³/mol. The fraction of sp³-hybridized carbons (Fsp3) is 0.606. The maximum atomic E-state index is 13.4. The van der Waals surface area contributed by atoms with Crippen molar-refractivity contribution >= 4 is 40.3 Å². The van der Waals surface area contributed by atoms with Crippen molar-refractivity contribution in [1.82, 2.24) is 24.8 Å². The highest BCUT2D eigenvalue weighted by Crippen LogP contribution is 2.40. The van der Waals surface area contributed by atoms with Crippen LogP contribution >= 0.6 is 11.6 Å². The van der Waals surface area contributed by atoms with E-state index in [4.69, 9.17) is 21.3 Å². The Morgan fingerprint density at radius 1 is 1.09 bits per heavy atom. The van der Waals surface area contributed by atoms with Gasteiger partial charge in [-0.25, -0.2) is 9.50 Å². The molecule has 234 valence electrons. The van der Waals surface area contributed by atoms with Gasteiger partial charge in [-0.15, -0.1) is 0 Å². The number of ether oxygens (including phenoxy) is 1. The summed E-state index contributed by atoms with van der Waals surface area (Å²) >= 11 is 6.73. The Hall–Kier alpha value is -2.92. The third-order valence-electron chi connectivity index (χ3n) is 11.1. The number of benzene rings is 1. The smallest absolute Gasteiger partial charge is 0.261 e. The molecule has 3 aromatic rings. The van der Waals surface area contributed by atoms with Crippen LogP contribution in [0.3, 0.4) is 0 Å². The van der Waals surface area contributed by atoms with E-state index in [0.29, 0.717) is 33.4 Å². The number of carbonyl (C=O) groups excluding carboxylic acids is 1. The van der Waals surface area contributed by atoms with Gasteiger partial charge in [-0.1, -0.05) is 11.6 Å². The fourth-order valence-electron chi connectivity index (χ4n) is 8.26. The van der Waals surface area contributed by atoms with Gasteiger partial charge in [0.2, 0.25) is 0 Å². The zero-order valence-corrected chi connectivity index (χ0v) is 26.1. The van der Waals surface area contributed by atoms with Crippen molar-refractivity contribution in [3.8, 4) is 0 Å². The number of morpholine rings is 1. The van der Waals surface area contributed by atoms with Crippen LogP contribution in [0.25, 0.3) is 5.65 Å². The molecule has 1 spiro atoms. The molecule has 11 heteroatoms. The van der Waals surface area contributed by atoms with Gasteiger partial charge < -0.3 is 30.1 Å². The molecule has 5 aliphatic heterocycles. The lowest BCUT2D eigenvalue weighted by Gasteiger charge is -2.45. The summed E-state index contributed by atoms with van der Waals surface area (Å²) in [7, 11) is 0. The van der Waals surface area contributed by atoms with E-state index in [2.05, 4.69) is 36.5 Å². The van der Waals surface area contributed by atoms with Crippen LogP contribution in [0.1, 0.15) is 55.3 Å². The molecule has 0 aliphatic carbocycles. The van der Waals surface area contributed by atoms with Gasteiger partial charge in [-0.2, -0.15) is 5.10 Å². The number of likely N-dealkylation sites (tertiary alicyclic amines) is 1. The highest BCUT2D eigenvalue weighted by Gasteiger charge is 2.40. The molecule has 10 nitrogen and oxygen atoms in total. The Morgan fingerprint density at radius 3 is 2.64 bits per heavy atom. The molecule has 0 unspecified atom stereocenters. The first-order valence-electron chi connectivity index (χ1n) is 16.5. The number of anilines is 3. The minimum atomic E-state index is -0.268. The van der Waals surface area contributed by atoms with Crippen molar-refractivity contribution in [1.29, 1.82) is 0 Å². The van der Waals surface area contributed by atoms with Crippen LogP contribution in [0.4, 0.5) is 17.2 Å². The van der Waals surface area contributed by atoms with E-state index in [1.807, 2.05) is 24.4 Å². The first kappa shape index (κ1) is 28.5. The Balaban J connectivity index is 0.864. The number of carbonyl (C=O) groups is 1. The SMILES string of the molecule is O=C(Nc1ccc(N2CCC(CN3CCC4(CCNCC4)CC3)CC2)cc1Cl)c1cnn2ccc(N3C[C@H]4C[C@@H]3CO4)nc12. The van der Waals surface area contributed by atoms with E-state index in [1.54, 1.807) is 10.7 Å². The minimum absolute atomic E-state index is 0.268. The average molecular weight is 619 g/mol. The van der Waals surface area contributed by atoms with Crippen LogP contribution in [0.5, 0.6) is 0 Å². The maximum absolute atomic E-state index is 13.4. The molecule has 2 aromatic heterocycles. The lowest BCUT2D eigenvalue weighted by atomic mass is 9.71. The standard InChI is InChI=1S/C33H43ClN8O2/c34-28-18-24(40-12-3-23(4-13-40)20-39-15-8-33(9-16-39)6-10-35-11-7-33)1-2-29(28)37-32(43)27-19-36-42-14-5-30(38-31(27)42)41-21-26-17-25(41)22-44-26/h1-2,5,14,18-19,23,25-26,35H,3-4,6-13,15-17,20-22H2,(H,37,43)/t25-,26-/m1/s1. The molecule has 1 aromatic carbocycles. The van der Waals surface area contributed by atoms with Gasteiger partial charge in [0.05, 0.1) is 35.7 Å². The predicted octanol–water partition coefficient (Wildman–Crippen LogP) is 4.29. The zero-order valence-electron chi connectivity index (χ0n) is 25.4. The van der Waals surface area contributed by atoms with Crippen molar-refractivity contribution in [2.75, 3.05) is 74.1 Å². The van der Waals surface area contributed by atoms with Crippen molar-refractivity contribution in [3.05, 3.63) is 47.2 Å². The number of nitrogens with zero attached hydrogens (tertiary/aromatic N) is 6. The zero-order chi connectivity index (χ0) is 29.7. The molecular formula is C33H43ClN8O2. The molecule has 5 aliphatic rings. The minimum Gasteiger partial charge on any atom is -0.374 e. The molecule has 5 fully saturated rings. The van der Waals surface area contributed by atoms with Crippen molar-refractivity contribution in [2.24, 2.45) is 11.3 Å². The second kappa shape index (κ2) is 11.8. The van der Waals surface area contributed by atoms with Crippen molar-refractivity contribution < 1.29 is 9.53 Å². The Kier molecular flexibility index (Phi) is 7.64. The third-order valence-corrected chi connectivity index (χ3v) is 11.4. The number of hydrogen-bond acceptors (Lipinski definition) is 8. The van der Waals surface area contributed by atoms with E-state index in [-0.39, 0.29) is 12.0 Å². The summed E-state index contributed by atoms with van der Waals surface area (Å²) < 4.78 is 7.39. The first-order valence-corrected chi connectivity index (χ1v) is 16.9. The number of piperidine rings is 3. The highest BCUT2D eigenvalue weighted by atomic mass is 35.5. The van der Waals surface area contributed by atoms with Gasteiger partial charge in [-0.05, 0) is 107 Å². The van der Waals surface area contributed by atoms with Crippen LogP contribution in [-0.2, 0) is 4.74 Å². The Morgan fingerprint density at radius 2 is 1.91 bits per heavy atom. The Bertz CT molecular complexity index is 1500. The van der Waals surface area contributed by atoms with E-state index in [0.717, 1.165) is 50.1 Å². The normalized spacial score (nSPS) is 25.8. The molecular weight excluding hydrogens is 576 g/mol. The molecule has 1 amide bonds. The summed E-state index contributed by atoms with van der Waals surface area (Å²) in [5.74, 6) is 1.35. The quantitative estimate of drug-likeness (QED) is 0.423. The third kappa shape index (κ3) is 5.55. The molecule has 2 bridgehead atoms. The van der Waals surface area contributed by atoms with Crippen LogP contribution < -0.4 is 20.4 Å². The average Bonchev–Trinajstić information content (AvgIpc) is 3.80. The van der Waals surface area contributed by atoms with Gasteiger partial charge in [-0.3, -0.25) is 4.79 Å². The number of rotatable bonds is 6. The molecule has 0 saturated carbocycles. The topological polar surface area (TPSA) is 90.3 Å². The number of amides is 1. The molecule has 5 saturated heterocycles. The van der Waals surface area contributed by atoms with Crippen molar-refractivity contribution in [3.63, 3.8) is 0 Å². The summed E-state index contributed by atoms with van der Waals surface area (Å²) in [6.07, 6.45) is 12.6. The van der Waals surface area contributed by atoms with Gasteiger partial charge in [0, 0.05) is 38.1 Å². The van der Waals surface area contributed by atoms with Crippen LogP contribution in [0.2, 0.25) is 5.02 Å². The number of hydrogen-bond donors (Lipinski definition) is 2. The first-order chi connectivity index (χ1) is 21.5. The molecule has 2 N–H and O–H groups in total. The van der Waals surface area contributed by atoms with Crippen LogP contribution in [0.15, 0.2) is 36.7 Å². The molecule has 2 atom stereocenters. The van der Waals surface area contributed by atoms with Crippen LogP contribution in [0, 0.1) is 11.3 Å². The lowest BCUT2D eigenvalue weighted by molar-refractivity contribution is 0.0628. The van der Waals surface area contributed by atoms with Gasteiger partial charge in [0.25, 0.3) is 5.91 Å². The van der Waals surface area contributed by atoms with Gasteiger partial charge in [0.1, 0.15) is 11.4 Å². The number of nitrogens with one attached hydrogen (secondary N) is 2. The summed E-state index contributed by atoms with van der Waals surface area (Å²) in [4.78, 5) is 25.6. The molecule has 8 rings (SSSR count). The number of aromatic nitrogens is 3. The number of fused-ring (bicyclic) bond motifs is 3. The van der Waals surface area contributed by atoms with Gasteiger partial charge >= 0.3 is 0 Å². The summed E-state index contributed by atoms with van der Waals surface area (Å²) in [5, 5.41) is 11.4. The highest BCUT2D eigenvalue weighted by molar-refractivity contribution is 6.34. The van der Waals surface area contributed by atoms with E-state index in [1.165, 1.54) is 71.2 Å². The largest absolute Gasteiger partial charge is 0.374 e. The molecule has 0 radical (unpaired) electrons. The second-order valence-corrected chi connectivity index (χ2v) is 14.1. The van der Waals surface area contributed by atoms with E-state index < -0.39 is 0 Å². The fourth-order valence-corrected chi connectivity index (χ4v) is 8.48. The van der Waals surface area contributed by atoms with Crippen LogP contribution in [-0.4, -0.2) is 96.5 Å². The molecule has 7 heterocycles. The Labute approximate surface area is 264 Å². The van der Waals surface area contributed by atoms with E-state index >= 15 is 0 Å². The summed E-state index contributed by atoms with van der Waals surface area (Å²) in [6.45, 7) is 9.82. The monoisotopic (exact) mass is 618 g/mol. The summed E-state index contributed by atoms with van der Waals surface area (Å²) in [6, 6.07) is 8.27. The number of halogens is 1.